The summed E-state index contributed by atoms with van der Waals surface area (Å²) in [6, 6.07) is 2.80. The first-order chi connectivity index (χ1) is 11.2. The lowest BCUT2D eigenvalue weighted by Gasteiger charge is -2.31. The van der Waals surface area contributed by atoms with Crippen molar-refractivity contribution >= 4 is 29.1 Å². The molecule has 1 aliphatic rings. The number of nitrogens with one attached hydrogen (secondary N) is 2. The Labute approximate surface area is 142 Å². The Kier molecular flexibility index (Phi) is 5.71. The number of nitrogens with zero attached hydrogens (tertiary/aromatic N) is 1. The number of benzene rings is 1. The minimum atomic E-state index is -4.50. The smallest absolute Gasteiger partial charge is 0.332 e. The summed E-state index contributed by atoms with van der Waals surface area (Å²) in [5, 5.41) is 2.48. The Hall–Kier alpha value is -1.80. The van der Waals surface area contributed by atoms with Crippen LogP contribution in [0.25, 0.3) is 0 Å². The van der Waals surface area contributed by atoms with Gasteiger partial charge in [-0.1, -0.05) is 11.6 Å². The fourth-order valence-corrected chi connectivity index (χ4v) is 2.70. The number of hydrogen-bond donors (Lipinski definition) is 2. The number of alkyl halides is 3. The molecule has 1 heterocycles. The fraction of sp³-hybridized carbons (Fsp3) is 0.467. The molecule has 1 saturated heterocycles. The van der Waals surface area contributed by atoms with Crippen LogP contribution in [0.5, 0.6) is 0 Å². The summed E-state index contributed by atoms with van der Waals surface area (Å²) in [6.45, 7) is 3.95. The second kappa shape index (κ2) is 7.40. The second-order valence-electron chi connectivity index (χ2n) is 5.67. The molecule has 24 heavy (non-hydrogen) atoms. The van der Waals surface area contributed by atoms with Gasteiger partial charge in [-0.2, -0.15) is 13.2 Å². The summed E-state index contributed by atoms with van der Waals surface area (Å²) >= 11 is 5.85. The molecule has 1 aromatic rings. The predicted molar refractivity (Wildman–Crippen MR) is 82.9 cm³/mol. The molecule has 0 radical (unpaired) electrons. The molecule has 1 fully saturated rings. The van der Waals surface area contributed by atoms with E-state index < -0.39 is 17.6 Å². The highest BCUT2D eigenvalue weighted by Crippen LogP contribution is 2.33. The molecule has 9 heteroatoms. The largest absolute Gasteiger partial charge is 0.416 e. The van der Waals surface area contributed by atoms with Crippen LogP contribution >= 0.6 is 11.6 Å². The Balaban J connectivity index is 1.94. The molecular weight excluding hydrogens is 347 g/mol. The third kappa shape index (κ3) is 4.85. The lowest BCUT2D eigenvalue weighted by molar-refractivity contribution is -0.895. The van der Waals surface area contributed by atoms with Gasteiger partial charge in [0, 0.05) is 6.92 Å². The number of amides is 2. The monoisotopic (exact) mass is 364 g/mol. The Morgan fingerprint density at radius 1 is 1.29 bits per heavy atom. The third-order valence-electron chi connectivity index (χ3n) is 3.89. The van der Waals surface area contributed by atoms with Gasteiger partial charge >= 0.3 is 6.18 Å². The molecule has 0 aliphatic carbocycles. The molecule has 2 N–H and O–H groups in total. The summed E-state index contributed by atoms with van der Waals surface area (Å²) < 4.78 is 38.2. The number of anilines is 1. The lowest BCUT2D eigenvalue weighted by atomic mass is 10.2. The summed E-state index contributed by atoms with van der Waals surface area (Å²) in [5.41, 5.74) is -0.928. The van der Waals surface area contributed by atoms with Crippen molar-refractivity contribution in [3.8, 4) is 0 Å². The van der Waals surface area contributed by atoms with Crippen molar-refractivity contribution in [3.05, 3.63) is 28.8 Å². The standard InChI is InChI=1S/C15H17ClF3N3O2/c1-10(23)22-6-4-21(5-7-22)9-14(24)20-13-8-11(15(17,18)19)2-3-12(13)16/h2-3,8H,4-7,9H2,1H3,(H,20,24)/p+1. The van der Waals surface area contributed by atoms with E-state index in [1.807, 2.05) is 0 Å². The molecule has 132 valence electrons. The zero-order valence-electron chi connectivity index (χ0n) is 13.0. The third-order valence-corrected chi connectivity index (χ3v) is 4.22. The number of quaternary nitrogens is 1. The maximum Gasteiger partial charge on any atom is 0.416 e. The first-order valence-corrected chi connectivity index (χ1v) is 7.80. The highest BCUT2D eigenvalue weighted by Gasteiger charge is 2.31. The highest BCUT2D eigenvalue weighted by atomic mass is 35.5. The quantitative estimate of drug-likeness (QED) is 0.842. The van der Waals surface area contributed by atoms with E-state index in [1.165, 1.54) is 6.92 Å². The Morgan fingerprint density at radius 2 is 1.92 bits per heavy atom. The topological polar surface area (TPSA) is 53.9 Å². The summed E-state index contributed by atoms with van der Waals surface area (Å²) in [6.07, 6.45) is -4.50. The van der Waals surface area contributed by atoms with E-state index >= 15 is 0 Å². The average Bonchev–Trinajstić information content (AvgIpc) is 2.48. The van der Waals surface area contributed by atoms with E-state index in [2.05, 4.69) is 5.32 Å². The van der Waals surface area contributed by atoms with Crippen LogP contribution in [-0.4, -0.2) is 49.4 Å². The second-order valence-corrected chi connectivity index (χ2v) is 6.08. The molecule has 2 rings (SSSR count). The number of halogens is 4. The maximum absolute atomic E-state index is 12.7. The number of carbonyl (C=O) groups is 2. The van der Waals surface area contributed by atoms with E-state index in [9.17, 15) is 22.8 Å². The van der Waals surface area contributed by atoms with Gasteiger partial charge in [0.2, 0.25) is 5.91 Å². The first kappa shape index (κ1) is 18.5. The summed E-state index contributed by atoms with van der Waals surface area (Å²) in [4.78, 5) is 26.0. The van der Waals surface area contributed by atoms with Crippen molar-refractivity contribution in [1.82, 2.24) is 4.90 Å². The molecular formula is C15H18ClF3N3O2+. The molecule has 1 aliphatic heterocycles. The SMILES string of the molecule is CC(=O)N1CC[NH+](CC(=O)Nc2cc(C(F)(F)F)ccc2Cl)CC1. The van der Waals surface area contributed by atoms with Crippen LogP contribution in [0.2, 0.25) is 5.02 Å². The van der Waals surface area contributed by atoms with Crippen LogP contribution in [-0.2, 0) is 15.8 Å². The summed E-state index contributed by atoms with van der Waals surface area (Å²) in [7, 11) is 0. The van der Waals surface area contributed by atoms with Gasteiger partial charge < -0.3 is 15.1 Å². The molecule has 0 bridgehead atoms. The van der Waals surface area contributed by atoms with Gasteiger partial charge in [0.1, 0.15) is 0 Å². The maximum atomic E-state index is 12.7. The van der Waals surface area contributed by atoms with Gasteiger partial charge in [0.15, 0.2) is 6.54 Å². The van der Waals surface area contributed by atoms with Crippen molar-refractivity contribution in [1.29, 1.82) is 0 Å². The van der Waals surface area contributed by atoms with Crippen LogP contribution in [0, 0.1) is 0 Å². The fourth-order valence-electron chi connectivity index (χ4n) is 2.53. The number of rotatable bonds is 3. The molecule has 0 aromatic heterocycles. The van der Waals surface area contributed by atoms with E-state index in [0.29, 0.717) is 26.2 Å². The van der Waals surface area contributed by atoms with Crippen molar-refractivity contribution in [2.75, 3.05) is 38.0 Å². The zero-order valence-corrected chi connectivity index (χ0v) is 13.8. The van der Waals surface area contributed by atoms with Gasteiger partial charge in [-0.05, 0) is 18.2 Å². The minimum Gasteiger partial charge on any atom is -0.332 e. The van der Waals surface area contributed by atoms with Crippen LogP contribution in [0.4, 0.5) is 18.9 Å². The first-order valence-electron chi connectivity index (χ1n) is 7.42. The van der Waals surface area contributed by atoms with Crippen LogP contribution in [0.15, 0.2) is 18.2 Å². The van der Waals surface area contributed by atoms with E-state index in [1.54, 1.807) is 4.90 Å². The Bertz CT molecular complexity index is 629. The molecule has 0 spiro atoms. The van der Waals surface area contributed by atoms with E-state index in [4.69, 9.17) is 11.6 Å². The average molecular weight is 365 g/mol. The number of hydrogen-bond acceptors (Lipinski definition) is 2. The van der Waals surface area contributed by atoms with Crippen LogP contribution < -0.4 is 10.2 Å². The Morgan fingerprint density at radius 3 is 2.46 bits per heavy atom. The van der Waals surface area contributed by atoms with E-state index in [0.717, 1.165) is 23.1 Å². The lowest BCUT2D eigenvalue weighted by Crippen LogP contribution is -3.15. The van der Waals surface area contributed by atoms with Gasteiger partial charge in [0.05, 0.1) is 42.5 Å². The molecule has 2 amide bonds. The molecule has 5 nitrogen and oxygen atoms in total. The van der Waals surface area contributed by atoms with Crippen molar-refractivity contribution in [2.45, 2.75) is 13.1 Å². The number of carbonyl (C=O) groups excluding carboxylic acids is 2. The summed E-state index contributed by atoms with van der Waals surface area (Å²) in [5.74, 6) is -0.420. The molecule has 0 atom stereocenters. The van der Waals surface area contributed by atoms with Gasteiger partial charge in [-0.15, -0.1) is 0 Å². The van der Waals surface area contributed by atoms with Crippen LogP contribution in [0.3, 0.4) is 0 Å². The van der Waals surface area contributed by atoms with Gasteiger partial charge in [-0.3, -0.25) is 9.59 Å². The number of piperazine rings is 1. The molecule has 1 aromatic carbocycles. The predicted octanol–water partition coefficient (Wildman–Crippen LogP) is 1.04. The zero-order chi connectivity index (χ0) is 17.9. The normalized spacial score (nSPS) is 16.1. The van der Waals surface area contributed by atoms with Crippen molar-refractivity contribution in [3.63, 3.8) is 0 Å². The highest BCUT2D eigenvalue weighted by molar-refractivity contribution is 6.33. The van der Waals surface area contributed by atoms with Crippen molar-refractivity contribution in [2.24, 2.45) is 0 Å². The minimum absolute atomic E-state index is 0.00533. The van der Waals surface area contributed by atoms with Gasteiger partial charge in [-0.25, -0.2) is 0 Å². The van der Waals surface area contributed by atoms with Crippen LogP contribution in [0.1, 0.15) is 12.5 Å². The molecule has 0 saturated carbocycles. The van der Waals surface area contributed by atoms with Crippen molar-refractivity contribution < 1.29 is 27.7 Å². The van der Waals surface area contributed by atoms with E-state index in [-0.39, 0.29) is 23.2 Å². The molecule has 0 unspecified atom stereocenters. The van der Waals surface area contributed by atoms with Gasteiger partial charge in [0.25, 0.3) is 5.91 Å².